The molecule has 21 heavy (non-hydrogen) atoms. The first-order chi connectivity index (χ1) is 9.90. The van der Waals surface area contributed by atoms with Gasteiger partial charge in [-0.05, 0) is 44.0 Å². The Hall–Kier alpha value is -0.690. The summed E-state index contributed by atoms with van der Waals surface area (Å²) in [6, 6.07) is 3.04. The van der Waals surface area contributed by atoms with Crippen LogP contribution in [0.3, 0.4) is 0 Å². The fourth-order valence-electron chi connectivity index (χ4n) is 2.69. The van der Waals surface area contributed by atoms with E-state index in [4.69, 9.17) is 11.6 Å². The van der Waals surface area contributed by atoms with Gasteiger partial charge in [0, 0.05) is 18.8 Å². The molecule has 0 amide bonds. The van der Waals surface area contributed by atoms with Crippen molar-refractivity contribution in [1.82, 2.24) is 14.6 Å². The van der Waals surface area contributed by atoms with Gasteiger partial charge in [-0.1, -0.05) is 25.4 Å². The van der Waals surface area contributed by atoms with E-state index in [1.807, 2.05) is 0 Å². The van der Waals surface area contributed by atoms with Crippen LogP contribution in [0.4, 0.5) is 0 Å². The minimum Gasteiger partial charge on any atom is -0.299 e. The molecule has 1 aromatic heterocycles. The Morgan fingerprint density at radius 2 is 2.05 bits per heavy atom. The van der Waals surface area contributed by atoms with E-state index < -0.39 is 10.0 Å². The zero-order chi connectivity index (χ0) is 15.5. The molecule has 0 spiro atoms. The summed E-state index contributed by atoms with van der Waals surface area (Å²) in [5.74, 6) is 0.395. The summed E-state index contributed by atoms with van der Waals surface area (Å²) in [4.78, 5) is 6.33. The third kappa shape index (κ3) is 4.39. The standard InChI is InChI=1S/C14H22ClN3O2S/c1-11(2)13(18-7-3-4-8-18)10-17-21(19,20)12-5-6-16-14(15)9-12/h5-6,9,11,13,17H,3-4,7-8,10H2,1-2H3. The number of hydrogen-bond acceptors (Lipinski definition) is 4. The van der Waals surface area contributed by atoms with E-state index >= 15 is 0 Å². The second-order valence-corrected chi connectivity index (χ2v) is 7.87. The van der Waals surface area contributed by atoms with Crippen LogP contribution in [0.5, 0.6) is 0 Å². The van der Waals surface area contributed by atoms with E-state index in [2.05, 4.69) is 28.5 Å². The average Bonchev–Trinajstić information content (AvgIpc) is 2.92. The molecule has 0 aromatic carbocycles. The summed E-state index contributed by atoms with van der Waals surface area (Å²) < 4.78 is 27.3. The summed E-state index contributed by atoms with van der Waals surface area (Å²) in [6.07, 6.45) is 3.78. The third-order valence-electron chi connectivity index (χ3n) is 3.87. The van der Waals surface area contributed by atoms with Gasteiger partial charge in [-0.3, -0.25) is 4.90 Å². The lowest BCUT2D eigenvalue weighted by Crippen LogP contribution is -2.45. The Morgan fingerprint density at radius 1 is 1.38 bits per heavy atom. The molecule has 1 fully saturated rings. The van der Waals surface area contributed by atoms with Crippen LogP contribution in [0.2, 0.25) is 5.15 Å². The first-order valence-corrected chi connectivity index (χ1v) is 9.11. The van der Waals surface area contributed by atoms with Gasteiger partial charge in [0.15, 0.2) is 0 Å². The van der Waals surface area contributed by atoms with Crippen molar-refractivity contribution in [2.24, 2.45) is 5.92 Å². The van der Waals surface area contributed by atoms with Gasteiger partial charge in [-0.2, -0.15) is 0 Å². The highest BCUT2D eigenvalue weighted by atomic mass is 35.5. The first kappa shape index (κ1) is 16.7. The zero-order valence-electron chi connectivity index (χ0n) is 12.4. The fourth-order valence-corrected chi connectivity index (χ4v) is 3.99. The lowest BCUT2D eigenvalue weighted by atomic mass is 10.0. The molecule has 0 radical (unpaired) electrons. The number of pyridine rings is 1. The highest BCUT2D eigenvalue weighted by molar-refractivity contribution is 7.89. The maximum absolute atomic E-state index is 12.3. The van der Waals surface area contributed by atoms with Gasteiger partial charge >= 0.3 is 0 Å². The van der Waals surface area contributed by atoms with Crippen molar-refractivity contribution < 1.29 is 8.42 Å². The predicted octanol–water partition coefficient (Wildman–Crippen LogP) is 2.13. The van der Waals surface area contributed by atoms with Crippen LogP contribution in [0.15, 0.2) is 23.2 Å². The SMILES string of the molecule is CC(C)C(CNS(=O)(=O)c1ccnc(Cl)c1)N1CCCC1. The molecule has 5 nitrogen and oxygen atoms in total. The van der Waals surface area contributed by atoms with Gasteiger partial charge < -0.3 is 0 Å². The molecule has 2 rings (SSSR count). The molecule has 2 heterocycles. The Kier molecular flexibility index (Phi) is 5.60. The molecule has 1 aliphatic heterocycles. The molecule has 1 atom stereocenters. The van der Waals surface area contributed by atoms with Crippen LogP contribution in [-0.4, -0.2) is 44.0 Å². The summed E-state index contributed by atoms with van der Waals surface area (Å²) >= 11 is 5.76. The van der Waals surface area contributed by atoms with Crippen molar-refractivity contribution in [2.75, 3.05) is 19.6 Å². The van der Waals surface area contributed by atoms with Crippen LogP contribution < -0.4 is 4.72 Å². The molecular formula is C14H22ClN3O2S. The van der Waals surface area contributed by atoms with Gasteiger partial charge in [-0.15, -0.1) is 0 Å². The Labute approximate surface area is 131 Å². The maximum Gasteiger partial charge on any atom is 0.240 e. The van der Waals surface area contributed by atoms with Crippen molar-refractivity contribution in [3.63, 3.8) is 0 Å². The zero-order valence-corrected chi connectivity index (χ0v) is 14.0. The lowest BCUT2D eigenvalue weighted by molar-refractivity contribution is 0.193. The maximum atomic E-state index is 12.3. The molecule has 0 aliphatic carbocycles. The number of hydrogen-bond donors (Lipinski definition) is 1. The summed E-state index contributed by atoms with van der Waals surface area (Å²) in [5, 5.41) is 0.179. The molecule has 0 bridgehead atoms. The minimum atomic E-state index is -3.54. The molecule has 1 unspecified atom stereocenters. The second kappa shape index (κ2) is 7.05. The number of nitrogens with one attached hydrogen (secondary N) is 1. The highest BCUT2D eigenvalue weighted by Gasteiger charge is 2.26. The summed E-state index contributed by atoms with van der Waals surface area (Å²) in [5.41, 5.74) is 0. The van der Waals surface area contributed by atoms with Crippen molar-refractivity contribution in [3.05, 3.63) is 23.5 Å². The van der Waals surface area contributed by atoms with Crippen LogP contribution >= 0.6 is 11.6 Å². The van der Waals surface area contributed by atoms with E-state index in [0.29, 0.717) is 12.5 Å². The molecule has 118 valence electrons. The van der Waals surface area contributed by atoms with Crippen LogP contribution in [-0.2, 0) is 10.0 Å². The van der Waals surface area contributed by atoms with Gasteiger partial charge in [0.25, 0.3) is 0 Å². The van der Waals surface area contributed by atoms with E-state index in [1.165, 1.54) is 31.2 Å². The number of rotatable bonds is 6. The Bertz CT molecular complexity index is 571. The Morgan fingerprint density at radius 3 is 2.62 bits per heavy atom. The van der Waals surface area contributed by atoms with E-state index in [9.17, 15) is 8.42 Å². The Balaban J connectivity index is 2.05. The number of nitrogens with zero attached hydrogens (tertiary/aromatic N) is 2. The number of sulfonamides is 1. The molecule has 1 aliphatic rings. The summed E-state index contributed by atoms with van der Waals surface area (Å²) in [7, 11) is -3.54. The number of halogens is 1. The van der Waals surface area contributed by atoms with E-state index in [1.54, 1.807) is 0 Å². The van der Waals surface area contributed by atoms with Gasteiger partial charge in [0.2, 0.25) is 10.0 Å². The van der Waals surface area contributed by atoms with Crippen molar-refractivity contribution >= 4 is 21.6 Å². The van der Waals surface area contributed by atoms with Crippen LogP contribution in [0.1, 0.15) is 26.7 Å². The van der Waals surface area contributed by atoms with Gasteiger partial charge in [-0.25, -0.2) is 18.1 Å². The topological polar surface area (TPSA) is 62.3 Å². The summed E-state index contributed by atoms with van der Waals surface area (Å²) in [6.45, 7) is 6.76. The minimum absolute atomic E-state index is 0.159. The van der Waals surface area contributed by atoms with E-state index in [-0.39, 0.29) is 16.1 Å². The normalized spacial score (nSPS) is 18.3. The molecule has 7 heteroatoms. The monoisotopic (exact) mass is 331 g/mol. The quantitative estimate of drug-likeness (QED) is 0.811. The van der Waals surface area contributed by atoms with Crippen molar-refractivity contribution in [1.29, 1.82) is 0 Å². The first-order valence-electron chi connectivity index (χ1n) is 7.25. The molecular weight excluding hydrogens is 310 g/mol. The largest absolute Gasteiger partial charge is 0.299 e. The molecule has 0 saturated carbocycles. The van der Waals surface area contributed by atoms with E-state index in [0.717, 1.165) is 13.1 Å². The van der Waals surface area contributed by atoms with Gasteiger partial charge in [0.1, 0.15) is 5.15 Å². The molecule has 1 aromatic rings. The van der Waals surface area contributed by atoms with Crippen LogP contribution in [0, 0.1) is 5.92 Å². The predicted molar refractivity (Wildman–Crippen MR) is 83.9 cm³/mol. The highest BCUT2D eigenvalue weighted by Crippen LogP contribution is 2.18. The fraction of sp³-hybridized carbons (Fsp3) is 0.643. The smallest absolute Gasteiger partial charge is 0.240 e. The number of aromatic nitrogens is 1. The number of likely N-dealkylation sites (tertiary alicyclic amines) is 1. The van der Waals surface area contributed by atoms with Gasteiger partial charge in [0.05, 0.1) is 4.90 Å². The average molecular weight is 332 g/mol. The second-order valence-electron chi connectivity index (χ2n) is 5.72. The third-order valence-corrected chi connectivity index (χ3v) is 5.50. The molecule has 1 N–H and O–H groups in total. The van der Waals surface area contributed by atoms with Crippen LogP contribution in [0.25, 0.3) is 0 Å². The van der Waals surface area contributed by atoms with Crippen molar-refractivity contribution in [3.8, 4) is 0 Å². The van der Waals surface area contributed by atoms with Crippen molar-refractivity contribution in [2.45, 2.75) is 37.6 Å². The lowest BCUT2D eigenvalue weighted by Gasteiger charge is -2.30. The molecule has 1 saturated heterocycles.